The summed E-state index contributed by atoms with van der Waals surface area (Å²) in [7, 11) is 0. The number of pyridine rings is 1. The van der Waals surface area contributed by atoms with Crippen LogP contribution in [0.2, 0.25) is 0 Å². The molecule has 3 rings (SSSR count). The number of benzene rings is 1. The quantitative estimate of drug-likeness (QED) is 0.697. The van der Waals surface area contributed by atoms with Crippen molar-refractivity contribution in [2.75, 3.05) is 0 Å². The summed E-state index contributed by atoms with van der Waals surface area (Å²) in [5, 5.41) is 9.79. The highest BCUT2D eigenvalue weighted by molar-refractivity contribution is 5.96. The van der Waals surface area contributed by atoms with Gasteiger partial charge in [-0.1, -0.05) is 0 Å². The van der Waals surface area contributed by atoms with E-state index in [9.17, 15) is 19.5 Å². The summed E-state index contributed by atoms with van der Waals surface area (Å²) < 4.78 is 6.25. The monoisotopic (exact) mass is 300 g/mol. The number of aromatic nitrogens is 2. The van der Waals surface area contributed by atoms with Crippen molar-refractivity contribution in [2.45, 2.75) is 13.8 Å². The number of ketones is 1. The zero-order valence-corrected chi connectivity index (χ0v) is 11.8. The number of fused-ring (bicyclic) bond motifs is 1. The van der Waals surface area contributed by atoms with Gasteiger partial charge in [0, 0.05) is 17.8 Å². The molecular formula is C15H12N2O5. The number of aryl methyl sites for hydroxylation is 1. The first-order valence-corrected chi connectivity index (χ1v) is 6.48. The van der Waals surface area contributed by atoms with Crippen LogP contribution in [-0.2, 0) is 0 Å². The molecule has 1 aromatic carbocycles. The first kappa shape index (κ1) is 13.9. The molecule has 3 aromatic rings. The standard InChI is InChI=1S/C15H12N2O5/c1-7-5-11(19)13(8(2)18)14(20)17(7)9-3-4-10-12(6-9)22-15(21)16-10/h3-6,19H,1-2H3,(H,16,21). The van der Waals surface area contributed by atoms with Gasteiger partial charge < -0.3 is 9.52 Å². The zero-order chi connectivity index (χ0) is 16.0. The summed E-state index contributed by atoms with van der Waals surface area (Å²) in [6, 6.07) is 6.07. The molecule has 2 N–H and O–H groups in total. The van der Waals surface area contributed by atoms with Crippen LogP contribution < -0.4 is 11.3 Å². The van der Waals surface area contributed by atoms with Gasteiger partial charge in [-0.25, -0.2) is 4.79 Å². The summed E-state index contributed by atoms with van der Waals surface area (Å²) in [5.41, 5.74) is 0.782. The Morgan fingerprint density at radius 3 is 2.68 bits per heavy atom. The molecule has 0 aliphatic rings. The molecule has 0 radical (unpaired) electrons. The number of aromatic amines is 1. The lowest BCUT2D eigenvalue weighted by molar-refractivity contribution is 0.101. The number of nitrogens with zero attached hydrogens (tertiary/aromatic N) is 1. The third-order valence-electron chi connectivity index (χ3n) is 3.39. The second kappa shape index (κ2) is 4.73. The van der Waals surface area contributed by atoms with Gasteiger partial charge in [0.05, 0.1) is 11.2 Å². The Kier molecular flexibility index (Phi) is 2.98. The first-order chi connectivity index (χ1) is 10.4. The van der Waals surface area contributed by atoms with Gasteiger partial charge in [-0.15, -0.1) is 0 Å². The van der Waals surface area contributed by atoms with Crippen LogP contribution in [0.4, 0.5) is 0 Å². The van der Waals surface area contributed by atoms with Gasteiger partial charge in [0.25, 0.3) is 5.56 Å². The summed E-state index contributed by atoms with van der Waals surface area (Å²) in [4.78, 5) is 37.7. The molecule has 0 aliphatic heterocycles. The molecule has 2 aromatic heterocycles. The van der Waals surface area contributed by atoms with Gasteiger partial charge in [0.1, 0.15) is 11.3 Å². The lowest BCUT2D eigenvalue weighted by Crippen LogP contribution is -2.26. The number of Topliss-reactive ketones (excluding diaryl/α,β-unsaturated/α-hetero) is 1. The average molecular weight is 300 g/mol. The van der Waals surface area contributed by atoms with E-state index in [1.54, 1.807) is 19.1 Å². The topological polar surface area (TPSA) is 105 Å². The molecule has 0 fully saturated rings. The van der Waals surface area contributed by atoms with Crippen molar-refractivity contribution in [3.8, 4) is 11.4 Å². The van der Waals surface area contributed by atoms with Gasteiger partial charge >= 0.3 is 5.76 Å². The van der Waals surface area contributed by atoms with Gasteiger partial charge in [-0.3, -0.25) is 19.1 Å². The molecule has 7 heteroatoms. The molecule has 0 saturated carbocycles. The van der Waals surface area contributed by atoms with Crippen LogP contribution in [-0.4, -0.2) is 20.4 Å². The van der Waals surface area contributed by atoms with Crippen molar-refractivity contribution < 1.29 is 14.3 Å². The van der Waals surface area contributed by atoms with E-state index in [0.29, 0.717) is 22.5 Å². The first-order valence-electron chi connectivity index (χ1n) is 6.48. The van der Waals surface area contributed by atoms with Crippen LogP contribution in [0.5, 0.6) is 5.75 Å². The molecule has 7 nitrogen and oxygen atoms in total. The molecule has 0 atom stereocenters. The van der Waals surface area contributed by atoms with E-state index >= 15 is 0 Å². The van der Waals surface area contributed by atoms with E-state index < -0.39 is 17.1 Å². The molecule has 2 heterocycles. The van der Waals surface area contributed by atoms with Gasteiger partial charge in [-0.05, 0) is 26.0 Å². The number of hydrogen-bond donors (Lipinski definition) is 2. The summed E-state index contributed by atoms with van der Waals surface area (Å²) in [6.45, 7) is 2.84. The van der Waals surface area contributed by atoms with Crippen molar-refractivity contribution in [3.63, 3.8) is 0 Å². The Morgan fingerprint density at radius 2 is 2.00 bits per heavy atom. The SMILES string of the molecule is CC(=O)c1c(O)cc(C)n(-c2ccc3[nH]c(=O)oc3c2)c1=O. The number of carbonyl (C=O) groups is 1. The molecule has 0 aliphatic carbocycles. The lowest BCUT2D eigenvalue weighted by Gasteiger charge is -2.12. The minimum atomic E-state index is -0.623. The van der Waals surface area contributed by atoms with Crippen LogP contribution in [0, 0.1) is 6.92 Å². The fourth-order valence-corrected chi connectivity index (χ4v) is 2.44. The molecule has 0 spiro atoms. The van der Waals surface area contributed by atoms with Crippen LogP contribution >= 0.6 is 0 Å². The summed E-state index contributed by atoms with van der Waals surface area (Å²) in [5.74, 6) is -1.46. The van der Waals surface area contributed by atoms with E-state index in [0.717, 1.165) is 0 Å². The van der Waals surface area contributed by atoms with Crippen molar-refractivity contribution in [2.24, 2.45) is 0 Å². The van der Waals surface area contributed by atoms with E-state index in [1.165, 1.54) is 23.6 Å². The maximum atomic E-state index is 12.5. The highest BCUT2D eigenvalue weighted by Crippen LogP contribution is 2.20. The van der Waals surface area contributed by atoms with Gasteiger partial charge in [-0.2, -0.15) is 0 Å². The van der Waals surface area contributed by atoms with Crippen molar-refractivity contribution in [1.29, 1.82) is 0 Å². The third-order valence-corrected chi connectivity index (χ3v) is 3.39. The summed E-state index contributed by atoms with van der Waals surface area (Å²) >= 11 is 0. The summed E-state index contributed by atoms with van der Waals surface area (Å²) in [6.07, 6.45) is 0. The van der Waals surface area contributed by atoms with Gasteiger partial charge in [0.2, 0.25) is 0 Å². The minimum Gasteiger partial charge on any atom is -0.507 e. The maximum absolute atomic E-state index is 12.5. The fraction of sp³-hybridized carbons (Fsp3) is 0.133. The lowest BCUT2D eigenvalue weighted by atomic mass is 10.1. The minimum absolute atomic E-state index is 0.277. The number of H-pyrrole nitrogens is 1. The number of oxazole rings is 1. The Bertz CT molecular complexity index is 1020. The average Bonchev–Trinajstić information content (AvgIpc) is 2.76. The maximum Gasteiger partial charge on any atom is 0.417 e. The van der Waals surface area contributed by atoms with Crippen molar-refractivity contribution in [3.05, 3.63) is 56.4 Å². The highest BCUT2D eigenvalue weighted by atomic mass is 16.4. The zero-order valence-electron chi connectivity index (χ0n) is 11.8. The van der Waals surface area contributed by atoms with E-state index in [1.807, 2.05) is 0 Å². The van der Waals surface area contributed by atoms with Gasteiger partial charge in [0.15, 0.2) is 11.4 Å². The van der Waals surface area contributed by atoms with Crippen LogP contribution in [0.25, 0.3) is 16.8 Å². The normalized spacial score (nSPS) is 11.0. The van der Waals surface area contributed by atoms with Crippen molar-refractivity contribution in [1.82, 2.24) is 9.55 Å². The molecule has 0 bridgehead atoms. The Labute approximate surface area is 123 Å². The third kappa shape index (κ3) is 2.03. The number of carbonyl (C=O) groups excluding carboxylic acids is 1. The molecular weight excluding hydrogens is 288 g/mol. The molecule has 0 unspecified atom stereocenters. The number of aromatic hydroxyl groups is 1. The Morgan fingerprint density at radius 1 is 1.27 bits per heavy atom. The smallest absolute Gasteiger partial charge is 0.417 e. The number of nitrogens with one attached hydrogen (secondary N) is 1. The van der Waals surface area contributed by atoms with Crippen LogP contribution in [0.3, 0.4) is 0 Å². The molecule has 0 amide bonds. The highest BCUT2D eigenvalue weighted by Gasteiger charge is 2.17. The second-order valence-corrected chi connectivity index (χ2v) is 4.94. The molecule has 0 saturated heterocycles. The Balaban J connectivity index is 2.34. The van der Waals surface area contributed by atoms with Crippen LogP contribution in [0.1, 0.15) is 23.0 Å². The largest absolute Gasteiger partial charge is 0.507 e. The predicted octanol–water partition coefficient (Wildman–Crippen LogP) is 1.49. The van der Waals surface area contributed by atoms with E-state index in [2.05, 4.69) is 4.98 Å². The molecule has 22 heavy (non-hydrogen) atoms. The fourth-order valence-electron chi connectivity index (χ4n) is 2.44. The number of rotatable bonds is 2. The molecule has 112 valence electrons. The number of hydrogen-bond acceptors (Lipinski definition) is 5. The van der Waals surface area contributed by atoms with E-state index in [-0.39, 0.29) is 11.3 Å². The van der Waals surface area contributed by atoms with Crippen molar-refractivity contribution >= 4 is 16.9 Å². The van der Waals surface area contributed by atoms with E-state index in [4.69, 9.17) is 4.42 Å². The Hall–Kier alpha value is -3.09. The second-order valence-electron chi connectivity index (χ2n) is 4.94. The predicted molar refractivity (Wildman–Crippen MR) is 78.8 cm³/mol. The van der Waals surface area contributed by atoms with Crippen LogP contribution in [0.15, 0.2) is 38.3 Å².